The Hall–Kier alpha value is -2.56. The minimum absolute atomic E-state index is 0.0207. The van der Waals surface area contributed by atoms with Gasteiger partial charge in [0.2, 0.25) is 5.91 Å². The molecule has 1 aliphatic heterocycles. The number of nitrogens with one attached hydrogen (secondary N) is 2. The van der Waals surface area contributed by atoms with Gasteiger partial charge in [-0.3, -0.25) is 9.79 Å². The fourth-order valence-corrected chi connectivity index (χ4v) is 9.16. The maximum Gasteiger partial charge on any atom is 0.246 e. The smallest absolute Gasteiger partial charge is 0.246 e. The number of hydrogen-bond donors (Lipinski definition) is 4. The Kier molecular flexibility index (Phi) is 8.35. The number of nitrogens with zero attached hydrogens (tertiary/aromatic N) is 1. The lowest BCUT2D eigenvalue weighted by Crippen LogP contribution is -2.75. The zero-order valence-electron chi connectivity index (χ0n) is 27.9. The summed E-state index contributed by atoms with van der Waals surface area (Å²) in [6.07, 6.45) is 3.91. The van der Waals surface area contributed by atoms with E-state index in [9.17, 15) is 15.0 Å². The molecule has 4 N–H and O–H groups in total. The molecule has 1 aromatic carbocycles. The molecule has 1 aromatic heterocycles. The molecule has 0 radical (unpaired) electrons. The Morgan fingerprint density at radius 3 is 2.67 bits per heavy atom. The number of hydrogen-bond acceptors (Lipinski definition) is 7. The Morgan fingerprint density at radius 2 is 1.96 bits per heavy atom. The van der Waals surface area contributed by atoms with Crippen molar-refractivity contribution in [1.82, 2.24) is 10.3 Å². The van der Waals surface area contributed by atoms with Gasteiger partial charge in [-0.1, -0.05) is 32.0 Å². The number of aromatic nitrogens is 1. The van der Waals surface area contributed by atoms with Crippen LogP contribution in [0.2, 0.25) is 0 Å². The number of para-hydroxylation sites is 1. The molecule has 9 nitrogen and oxygen atoms in total. The summed E-state index contributed by atoms with van der Waals surface area (Å²) in [4.78, 5) is 21.5. The largest absolute Gasteiger partial charge is 0.396 e. The minimum atomic E-state index is -1.56. The molecule has 0 bridgehead atoms. The second-order valence-electron chi connectivity index (χ2n) is 14.6. The number of aliphatic hydroxyl groups is 2. The molecule has 0 saturated heterocycles. The number of benzene rings is 1. The zero-order chi connectivity index (χ0) is 32.4. The first kappa shape index (κ1) is 32.4. The lowest BCUT2D eigenvalue weighted by molar-refractivity contribution is -0.311. The van der Waals surface area contributed by atoms with Crippen LogP contribution in [0.1, 0.15) is 85.4 Å². The predicted octanol–water partition coefficient (Wildman–Crippen LogP) is 4.73. The number of carbonyl (C=O) groups is 1. The number of aromatic amines is 1. The van der Waals surface area contributed by atoms with Crippen molar-refractivity contribution >= 4 is 22.5 Å². The monoisotopic (exact) mass is 621 g/mol. The van der Waals surface area contributed by atoms with Crippen LogP contribution in [-0.4, -0.2) is 82.3 Å². The van der Waals surface area contributed by atoms with Crippen LogP contribution >= 0.6 is 0 Å². The van der Waals surface area contributed by atoms with E-state index in [-0.39, 0.29) is 43.3 Å². The van der Waals surface area contributed by atoms with E-state index in [0.29, 0.717) is 43.5 Å². The molecule has 7 atom stereocenters. The number of ether oxygens (including phenoxy) is 3. The van der Waals surface area contributed by atoms with Crippen molar-refractivity contribution in [2.75, 3.05) is 19.8 Å². The van der Waals surface area contributed by atoms with Gasteiger partial charge in [0.1, 0.15) is 12.2 Å². The van der Waals surface area contributed by atoms with Gasteiger partial charge in [0, 0.05) is 58.6 Å². The van der Waals surface area contributed by atoms with E-state index < -0.39 is 28.3 Å². The van der Waals surface area contributed by atoms with Gasteiger partial charge in [0.05, 0.1) is 24.0 Å². The fourth-order valence-electron chi connectivity index (χ4n) is 9.16. The molecule has 9 heteroatoms. The topological polar surface area (TPSA) is 125 Å². The van der Waals surface area contributed by atoms with Crippen molar-refractivity contribution in [3.05, 3.63) is 47.2 Å². The van der Waals surface area contributed by atoms with Crippen molar-refractivity contribution in [3.8, 4) is 0 Å². The number of amides is 1. The van der Waals surface area contributed by atoms with E-state index >= 15 is 0 Å². The average Bonchev–Trinajstić information content (AvgIpc) is 3.48. The summed E-state index contributed by atoms with van der Waals surface area (Å²) in [5, 5.41) is 27.3. The van der Waals surface area contributed by atoms with E-state index in [1.165, 1.54) is 16.6 Å². The molecule has 0 spiro atoms. The summed E-state index contributed by atoms with van der Waals surface area (Å²) in [6.45, 7) is 14.6. The number of rotatable bonds is 9. The summed E-state index contributed by atoms with van der Waals surface area (Å²) in [5.74, 6) is -1.20. The summed E-state index contributed by atoms with van der Waals surface area (Å²) in [5.41, 5.74) is 2.23. The van der Waals surface area contributed by atoms with Crippen molar-refractivity contribution < 1.29 is 29.2 Å². The van der Waals surface area contributed by atoms with Crippen molar-refractivity contribution in [2.24, 2.45) is 16.3 Å². The van der Waals surface area contributed by atoms with Crippen LogP contribution in [0.25, 0.3) is 10.9 Å². The number of fused-ring (bicyclic) bond motifs is 9. The number of aliphatic hydroxyl groups excluding tert-OH is 1. The van der Waals surface area contributed by atoms with Crippen LogP contribution in [0, 0.1) is 11.3 Å². The fraction of sp³-hybridized carbons (Fsp3) is 0.667. The van der Waals surface area contributed by atoms with Crippen molar-refractivity contribution in [2.45, 2.75) is 122 Å². The number of carbonyl (C=O) groups excluding carboxylic acids is 1. The van der Waals surface area contributed by atoms with Gasteiger partial charge in [-0.2, -0.15) is 0 Å². The Balaban J connectivity index is 1.54. The molecule has 1 amide bonds. The molecule has 4 aliphatic rings. The third-order valence-electron chi connectivity index (χ3n) is 11.3. The van der Waals surface area contributed by atoms with Crippen LogP contribution in [0.15, 0.2) is 40.9 Å². The van der Waals surface area contributed by atoms with Crippen LogP contribution < -0.4 is 5.32 Å². The molecular formula is C36H51N3O6. The van der Waals surface area contributed by atoms with Crippen LogP contribution in [0.5, 0.6) is 0 Å². The summed E-state index contributed by atoms with van der Waals surface area (Å²) in [7, 11) is 0. The van der Waals surface area contributed by atoms with Crippen LogP contribution in [-0.2, 0) is 30.8 Å². The molecule has 2 fully saturated rings. The summed E-state index contributed by atoms with van der Waals surface area (Å²) >= 11 is 0. The van der Waals surface area contributed by atoms with Gasteiger partial charge in [0.25, 0.3) is 0 Å². The van der Waals surface area contributed by atoms with Gasteiger partial charge in [-0.05, 0) is 83.9 Å². The maximum atomic E-state index is 13.7. The van der Waals surface area contributed by atoms with Gasteiger partial charge >= 0.3 is 0 Å². The molecular weight excluding hydrogens is 570 g/mol. The third kappa shape index (κ3) is 4.84. The van der Waals surface area contributed by atoms with Gasteiger partial charge in [0.15, 0.2) is 5.79 Å². The molecule has 2 heterocycles. The van der Waals surface area contributed by atoms with Crippen molar-refractivity contribution in [3.63, 3.8) is 0 Å². The summed E-state index contributed by atoms with van der Waals surface area (Å²) < 4.78 is 20.0. The van der Waals surface area contributed by atoms with Crippen LogP contribution in [0.4, 0.5) is 0 Å². The highest BCUT2D eigenvalue weighted by Crippen LogP contribution is 2.71. The molecule has 3 unspecified atom stereocenters. The molecule has 6 rings (SSSR count). The van der Waals surface area contributed by atoms with E-state index in [1.54, 1.807) is 0 Å². The van der Waals surface area contributed by atoms with E-state index in [4.69, 9.17) is 19.2 Å². The number of aliphatic imine (C=N–C) groups is 1. The Bertz CT molecular complexity index is 1510. The van der Waals surface area contributed by atoms with E-state index in [2.05, 4.69) is 48.4 Å². The molecule has 45 heavy (non-hydrogen) atoms. The minimum Gasteiger partial charge on any atom is -0.396 e. The SMILES string of the molecule is CC(C)NC(=O)CO[C@H]1C[C@H]2Cc3c([nH]c4ccccc34)[C@]2(C)C2(C)CCC3(OC(C)C)OC(C)C(=NCCCO)C=C3[C@]12O. The van der Waals surface area contributed by atoms with E-state index in [0.717, 1.165) is 11.9 Å². The maximum absolute atomic E-state index is 13.7. The molecule has 246 valence electrons. The average molecular weight is 622 g/mol. The molecule has 2 saturated carbocycles. The summed E-state index contributed by atoms with van der Waals surface area (Å²) in [6, 6.07) is 8.42. The molecule has 3 aliphatic carbocycles. The first-order chi connectivity index (χ1) is 21.3. The van der Waals surface area contributed by atoms with Crippen LogP contribution in [0.3, 0.4) is 0 Å². The van der Waals surface area contributed by atoms with Gasteiger partial charge < -0.3 is 34.7 Å². The normalized spacial score (nSPS) is 36.6. The predicted molar refractivity (Wildman–Crippen MR) is 174 cm³/mol. The first-order valence-corrected chi connectivity index (χ1v) is 16.8. The highest BCUT2D eigenvalue weighted by atomic mass is 16.7. The standard InChI is InChI=1S/C36H51N3O6/c1-21(2)38-31(41)20-43-30-18-24-17-26-25-11-8-9-12-27(25)39-32(26)34(24,7)33(6)13-14-35(44-22(3)4)29(36(30,33)42)19-28(23(5)45-35)37-15-10-16-40/h8-9,11-12,19,21-24,30,39-40,42H,10,13-18,20H2,1-7H3,(H,38,41)/t23?,24-,30+,33?,34-,35?,36+/m1/s1. The Labute approximate surface area is 266 Å². The Morgan fingerprint density at radius 1 is 1.20 bits per heavy atom. The second kappa shape index (κ2) is 11.6. The highest BCUT2D eigenvalue weighted by molar-refractivity contribution is 6.00. The van der Waals surface area contributed by atoms with Gasteiger partial charge in [-0.25, -0.2) is 0 Å². The third-order valence-corrected chi connectivity index (χ3v) is 11.3. The van der Waals surface area contributed by atoms with E-state index in [1.807, 2.05) is 40.7 Å². The highest BCUT2D eigenvalue weighted by Gasteiger charge is 2.76. The lowest BCUT2D eigenvalue weighted by Gasteiger charge is -2.68. The quantitative estimate of drug-likeness (QED) is 0.300. The number of H-pyrrole nitrogens is 1. The second-order valence-corrected chi connectivity index (χ2v) is 14.6. The van der Waals surface area contributed by atoms with Crippen molar-refractivity contribution in [1.29, 1.82) is 0 Å². The van der Waals surface area contributed by atoms with Gasteiger partial charge in [-0.15, -0.1) is 0 Å². The molecule has 2 aromatic rings. The first-order valence-electron chi connectivity index (χ1n) is 16.8. The zero-order valence-corrected chi connectivity index (χ0v) is 27.9. The lowest BCUT2D eigenvalue weighted by atomic mass is 9.41.